The first-order chi connectivity index (χ1) is 13.0. The van der Waals surface area contributed by atoms with E-state index in [9.17, 15) is 0 Å². The highest BCUT2D eigenvalue weighted by atomic mass is 79.9. The smallest absolute Gasteiger partial charge is 0.191 e. The van der Waals surface area contributed by atoms with Crippen molar-refractivity contribution in [3.05, 3.63) is 46.0 Å². The molecule has 146 valence electrons. The molecular formula is C20H29BrN6. The Morgan fingerprint density at radius 2 is 2.11 bits per heavy atom. The number of hydrogen-bond donors (Lipinski definition) is 2. The SMILES string of the molecule is CCCCNC(=NCc1nnc(C)n1C)NCC1(c2cccc(Br)c2)CC1. The highest BCUT2D eigenvalue weighted by Crippen LogP contribution is 2.48. The van der Waals surface area contributed by atoms with Crippen molar-refractivity contribution in [2.75, 3.05) is 13.1 Å². The molecule has 7 heteroatoms. The number of aliphatic imine (C=N–C) groups is 1. The fraction of sp³-hybridized carbons (Fsp3) is 0.550. The lowest BCUT2D eigenvalue weighted by molar-refractivity contribution is 0.637. The summed E-state index contributed by atoms with van der Waals surface area (Å²) in [6.45, 7) is 6.47. The summed E-state index contributed by atoms with van der Waals surface area (Å²) < 4.78 is 3.12. The molecule has 1 fully saturated rings. The quantitative estimate of drug-likeness (QED) is 0.380. The number of aromatic nitrogens is 3. The molecule has 1 aliphatic carbocycles. The number of nitrogens with one attached hydrogen (secondary N) is 2. The van der Waals surface area contributed by atoms with Gasteiger partial charge in [-0.05, 0) is 43.9 Å². The number of rotatable bonds is 8. The van der Waals surface area contributed by atoms with Gasteiger partial charge in [0.25, 0.3) is 0 Å². The number of halogens is 1. The summed E-state index contributed by atoms with van der Waals surface area (Å²) >= 11 is 3.59. The van der Waals surface area contributed by atoms with Crippen LogP contribution < -0.4 is 10.6 Å². The minimum atomic E-state index is 0.221. The zero-order valence-electron chi connectivity index (χ0n) is 16.4. The van der Waals surface area contributed by atoms with Crippen molar-refractivity contribution in [1.29, 1.82) is 0 Å². The molecule has 0 unspecified atom stereocenters. The van der Waals surface area contributed by atoms with Crippen LogP contribution in [-0.4, -0.2) is 33.8 Å². The summed E-state index contributed by atoms with van der Waals surface area (Å²) in [6, 6.07) is 8.65. The zero-order chi connectivity index (χ0) is 19.3. The molecule has 1 aliphatic rings. The van der Waals surface area contributed by atoms with Crippen LogP contribution in [0.4, 0.5) is 0 Å². The molecule has 0 saturated heterocycles. The Kier molecular flexibility index (Phi) is 6.52. The lowest BCUT2D eigenvalue weighted by Gasteiger charge is -2.19. The van der Waals surface area contributed by atoms with Crippen LogP contribution in [0.1, 0.15) is 49.8 Å². The largest absolute Gasteiger partial charge is 0.356 e. The lowest BCUT2D eigenvalue weighted by atomic mass is 9.96. The van der Waals surface area contributed by atoms with Crippen molar-refractivity contribution in [3.8, 4) is 0 Å². The van der Waals surface area contributed by atoms with Gasteiger partial charge in [-0.25, -0.2) is 4.99 Å². The van der Waals surface area contributed by atoms with E-state index in [0.717, 1.165) is 48.0 Å². The fourth-order valence-electron chi connectivity index (χ4n) is 3.09. The van der Waals surface area contributed by atoms with E-state index in [0.29, 0.717) is 6.54 Å². The molecule has 0 radical (unpaired) electrons. The lowest BCUT2D eigenvalue weighted by Crippen LogP contribution is -2.41. The number of nitrogens with zero attached hydrogens (tertiary/aromatic N) is 4. The summed E-state index contributed by atoms with van der Waals surface area (Å²) in [5.41, 5.74) is 1.61. The summed E-state index contributed by atoms with van der Waals surface area (Å²) in [5.74, 6) is 2.63. The van der Waals surface area contributed by atoms with Gasteiger partial charge in [-0.1, -0.05) is 41.4 Å². The molecule has 3 rings (SSSR count). The number of unbranched alkanes of at least 4 members (excludes halogenated alkanes) is 1. The zero-order valence-corrected chi connectivity index (χ0v) is 18.0. The minimum absolute atomic E-state index is 0.221. The third kappa shape index (κ3) is 5.09. The molecule has 1 saturated carbocycles. The van der Waals surface area contributed by atoms with Gasteiger partial charge >= 0.3 is 0 Å². The first kappa shape index (κ1) is 19.9. The van der Waals surface area contributed by atoms with Gasteiger partial charge in [0.2, 0.25) is 0 Å². The highest BCUT2D eigenvalue weighted by Gasteiger charge is 2.44. The van der Waals surface area contributed by atoms with Crippen molar-refractivity contribution in [2.24, 2.45) is 12.0 Å². The predicted molar refractivity (Wildman–Crippen MR) is 113 cm³/mol. The van der Waals surface area contributed by atoms with E-state index in [2.05, 4.69) is 68.0 Å². The van der Waals surface area contributed by atoms with E-state index < -0.39 is 0 Å². The Balaban J connectivity index is 1.66. The number of aryl methyl sites for hydroxylation is 1. The van der Waals surface area contributed by atoms with E-state index in [1.165, 1.54) is 18.4 Å². The van der Waals surface area contributed by atoms with Crippen LogP contribution in [-0.2, 0) is 19.0 Å². The van der Waals surface area contributed by atoms with Gasteiger partial charge in [0, 0.05) is 30.0 Å². The third-order valence-electron chi connectivity index (χ3n) is 5.27. The summed E-state index contributed by atoms with van der Waals surface area (Å²) in [6.07, 6.45) is 4.70. The molecule has 0 atom stereocenters. The molecule has 1 aromatic heterocycles. The summed E-state index contributed by atoms with van der Waals surface area (Å²) in [4.78, 5) is 4.74. The van der Waals surface area contributed by atoms with Crippen LogP contribution in [0.5, 0.6) is 0 Å². The van der Waals surface area contributed by atoms with Crippen molar-refractivity contribution in [3.63, 3.8) is 0 Å². The van der Waals surface area contributed by atoms with Crippen LogP contribution in [0.25, 0.3) is 0 Å². The Bertz CT molecular complexity index is 794. The molecule has 0 spiro atoms. The molecule has 0 aliphatic heterocycles. The van der Waals surface area contributed by atoms with Gasteiger partial charge < -0.3 is 15.2 Å². The van der Waals surface area contributed by atoms with Gasteiger partial charge in [-0.3, -0.25) is 0 Å². The van der Waals surface area contributed by atoms with Crippen molar-refractivity contribution in [2.45, 2.75) is 51.5 Å². The van der Waals surface area contributed by atoms with Crippen LogP contribution in [0.15, 0.2) is 33.7 Å². The van der Waals surface area contributed by atoms with Crippen LogP contribution in [0.2, 0.25) is 0 Å². The Labute approximate surface area is 170 Å². The standard InChI is InChI=1S/C20H29BrN6/c1-4-5-11-22-19(23-13-18-26-25-15(2)27(18)3)24-14-20(9-10-20)16-7-6-8-17(21)12-16/h6-8,12H,4-5,9-11,13-14H2,1-3H3,(H2,22,23,24). The first-order valence-electron chi connectivity index (χ1n) is 9.67. The van der Waals surface area contributed by atoms with Crippen molar-refractivity contribution >= 4 is 21.9 Å². The van der Waals surface area contributed by atoms with Crippen molar-refractivity contribution in [1.82, 2.24) is 25.4 Å². The van der Waals surface area contributed by atoms with Gasteiger partial charge in [0.05, 0.1) is 0 Å². The topological polar surface area (TPSA) is 67.1 Å². The van der Waals surface area contributed by atoms with Gasteiger partial charge in [-0.15, -0.1) is 10.2 Å². The average Bonchev–Trinajstić information content (AvgIpc) is 3.39. The molecule has 27 heavy (non-hydrogen) atoms. The van der Waals surface area contributed by atoms with E-state index in [1.54, 1.807) is 0 Å². The third-order valence-corrected chi connectivity index (χ3v) is 5.76. The molecule has 2 N–H and O–H groups in total. The normalized spacial score (nSPS) is 15.6. The van der Waals surface area contributed by atoms with Gasteiger partial charge in [-0.2, -0.15) is 0 Å². The van der Waals surface area contributed by atoms with E-state index in [-0.39, 0.29) is 5.41 Å². The predicted octanol–water partition coefficient (Wildman–Crippen LogP) is 3.45. The first-order valence-corrected chi connectivity index (χ1v) is 10.5. The molecule has 0 amide bonds. The number of benzene rings is 1. The van der Waals surface area contributed by atoms with E-state index in [1.807, 2.05) is 18.5 Å². The molecular weight excluding hydrogens is 404 g/mol. The van der Waals surface area contributed by atoms with E-state index >= 15 is 0 Å². The second-order valence-electron chi connectivity index (χ2n) is 7.31. The minimum Gasteiger partial charge on any atom is -0.356 e. The molecule has 1 aromatic carbocycles. The maximum atomic E-state index is 4.74. The van der Waals surface area contributed by atoms with E-state index in [4.69, 9.17) is 4.99 Å². The Morgan fingerprint density at radius 1 is 1.30 bits per heavy atom. The summed E-state index contributed by atoms with van der Waals surface area (Å²) in [5, 5.41) is 15.3. The Morgan fingerprint density at radius 3 is 2.74 bits per heavy atom. The molecule has 0 bridgehead atoms. The molecule has 1 heterocycles. The summed E-state index contributed by atoms with van der Waals surface area (Å²) in [7, 11) is 1.98. The monoisotopic (exact) mass is 432 g/mol. The maximum absolute atomic E-state index is 4.74. The Hall–Kier alpha value is -1.89. The maximum Gasteiger partial charge on any atom is 0.191 e. The fourth-order valence-corrected chi connectivity index (χ4v) is 3.49. The molecule has 6 nitrogen and oxygen atoms in total. The van der Waals surface area contributed by atoms with Gasteiger partial charge in [0.1, 0.15) is 12.4 Å². The average molecular weight is 433 g/mol. The highest BCUT2D eigenvalue weighted by molar-refractivity contribution is 9.10. The van der Waals surface area contributed by atoms with Crippen LogP contribution in [0.3, 0.4) is 0 Å². The molecule has 2 aromatic rings. The van der Waals surface area contributed by atoms with Gasteiger partial charge in [0.15, 0.2) is 11.8 Å². The second-order valence-corrected chi connectivity index (χ2v) is 8.23. The van der Waals surface area contributed by atoms with Crippen LogP contribution in [0, 0.1) is 6.92 Å². The number of hydrogen-bond acceptors (Lipinski definition) is 3. The van der Waals surface area contributed by atoms with Crippen LogP contribution >= 0.6 is 15.9 Å². The second kappa shape index (κ2) is 8.87. The number of guanidine groups is 1. The van der Waals surface area contributed by atoms with Crippen molar-refractivity contribution < 1.29 is 0 Å².